The van der Waals surface area contributed by atoms with Gasteiger partial charge in [0.2, 0.25) is 0 Å². The fourth-order valence-corrected chi connectivity index (χ4v) is 2.00. The third kappa shape index (κ3) is 4.30. The van der Waals surface area contributed by atoms with Crippen LogP contribution < -0.4 is 10.6 Å². The van der Waals surface area contributed by atoms with Crippen molar-refractivity contribution >= 4 is 11.7 Å². The Morgan fingerprint density at radius 1 is 1.30 bits per heavy atom. The molecule has 8 nitrogen and oxygen atoms in total. The van der Waals surface area contributed by atoms with E-state index in [9.17, 15) is 20.0 Å². The number of hydrogen-bond donors (Lipinski definition) is 3. The molecule has 0 aliphatic heterocycles. The third-order valence-electron chi connectivity index (χ3n) is 3.27. The smallest absolute Gasteiger partial charge is 0.315 e. The minimum absolute atomic E-state index is 0.00583. The van der Waals surface area contributed by atoms with Gasteiger partial charge in [0.25, 0.3) is 5.69 Å². The monoisotopic (exact) mass is 319 g/mol. The van der Waals surface area contributed by atoms with Crippen LogP contribution in [-0.2, 0) is 12.1 Å². The summed E-state index contributed by atoms with van der Waals surface area (Å²) in [6, 6.07) is 8.85. The first-order chi connectivity index (χ1) is 10.9. The Kier molecular flexibility index (Phi) is 4.97. The van der Waals surface area contributed by atoms with Crippen LogP contribution in [-0.4, -0.2) is 22.6 Å². The van der Waals surface area contributed by atoms with E-state index in [1.165, 1.54) is 19.3 Å². The predicted molar refractivity (Wildman–Crippen MR) is 81.6 cm³/mol. The molecule has 1 unspecified atom stereocenters. The van der Waals surface area contributed by atoms with Crippen molar-refractivity contribution in [1.82, 2.24) is 10.6 Å². The average Bonchev–Trinajstić information content (AvgIpc) is 3.06. The largest absolute Gasteiger partial charge is 0.466 e. The number of furan rings is 1. The highest BCUT2D eigenvalue weighted by Gasteiger charge is 2.26. The van der Waals surface area contributed by atoms with Gasteiger partial charge in [-0.2, -0.15) is 0 Å². The summed E-state index contributed by atoms with van der Waals surface area (Å²) < 4.78 is 5.11. The van der Waals surface area contributed by atoms with E-state index < -0.39 is 16.6 Å². The summed E-state index contributed by atoms with van der Waals surface area (Å²) in [6.45, 7) is 1.45. The van der Waals surface area contributed by atoms with E-state index in [0.29, 0.717) is 11.3 Å². The molecule has 0 saturated heterocycles. The lowest BCUT2D eigenvalue weighted by Crippen LogP contribution is -2.43. The van der Waals surface area contributed by atoms with Gasteiger partial charge >= 0.3 is 6.03 Å². The lowest BCUT2D eigenvalue weighted by atomic mass is 10.0. The number of amides is 2. The first kappa shape index (κ1) is 16.5. The summed E-state index contributed by atoms with van der Waals surface area (Å²) in [4.78, 5) is 22.2. The Labute approximate surface area is 132 Å². The maximum atomic E-state index is 11.8. The second-order valence-corrected chi connectivity index (χ2v) is 5.17. The van der Waals surface area contributed by atoms with Gasteiger partial charge in [0.15, 0.2) is 0 Å². The number of urea groups is 1. The highest BCUT2D eigenvalue weighted by Crippen LogP contribution is 2.20. The molecule has 0 aliphatic rings. The normalized spacial score (nSPS) is 13.1. The minimum Gasteiger partial charge on any atom is -0.466 e. The molecule has 8 heteroatoms. The Morgan fingerprint density at radius 2 is 2.04 bits per heavy atom. The zero-order chi connectivity index (χ0) is 16.9. The summed E-state index contributed by atoms with van der Waals surface area (Å²) in [5.74, 6) is 0.330. The summed E-state index contributed by atoms with van der Waals surface area (Å²) >= 11 is 0. The Morgan fingerprint density at radius 3 is 2.70 bits per heavy atom. The molecule has 2 aromatic rings. The fraction of sp³-hybridized carbons (Fsp3) is 0.267. The van der Waals surface area contributed by atoms with Gasteiger partial charge < -0.3 is 20.2 Å². The van der Waals surface area contributed by atoms with Crippen molar-refractivity contribution in [2.45, 2.75) is 19.1 Å². The molecule has 2 amide bonds. The molecular formula is C15H17N3O5. The van der Waals surface area contributed by atoms with Gasteiger partial charge in [0, 0.05) is 11.6 Å². The van der Waals surface area contributed by atoms with Crippen molar-refractivity contribution in [3.63, 3.8) is 0 Å². The number of nitrogens with zero attached hydrogens (tertiary/aromatic N) is 1. The van der Waals surface area contributed by atoms with Crippen molar-refractivity contribution < 1.29 is 19.2 Å². The highest BCUT2D eigenvalue weighted by atomic mass is 16.6. The van der Waals surface area contributed by atoms with E-state index in [-0.39, 0.29) is 18.8 Å². The molecule has 1 aromatic heterocycles. The standard InChI is InChI=1S/C15H17N3O5/c1-15(20,13-7-4-8-23-13)10-17-14(19)16-9-11-5-2-3-6-12(11)18(21)22/h2-8,20H,9-10H2,1H3,(H2,16,17,19). The number of nitrogens with one attached hydrogen (secondary N) is 2. The van der Waals surface area contributed by atoms with Gasteiger partial charge in [0.1, 0.15) is 11.4 Å². The van der Waals surface area contributed by atoms with Crippen LogP contribution in [0.25, 0.3) is 0 Å². The Hall–Kier alpha value is -2.87. The zero-order valence-corrected chi connectivity index (χ0v) is 12.5. The van der Waals surface area contributed by atoms with Crippen molar-refractivity contribution in [3.8, 4) is 0 Å². The van der Waals surface area contributed by atoms with Gasteiger partial charge in [-0.15, -0.1) is 0 Å². The average molecular weight is 319 g/mol. The van der Waals surface area contributed by atoms with Crippen LogP contribution >= 0.6 is 0 Å². The van der Waals surface area contributed by atoms with Gasteiger partial charge in [-0.25, -0.2) is 4.79 Å². The van der Waals surface area contributed by atoms with Gasteiger partial charge in [-0.3, -0.25) is 10.1 Å². The van der Waals surface area contributed by atoms with Gasteiger partial charge in [0.05, 0.1) is 24.3 Å². The molecule has 0 saturated carbocycles. The molecule has 0 bridgehead atoms. The van der Waals surface area contributed by atoms with Crippen molar-refractivity contribution in [2.24, 2.45) is 0 Å². The molecule has 122 valence electrons. The van der Waals surface area contributed by atoms with Crippen LogP contribution in [0.4, 0.5) is 10.5 Å². The van der Waals surface area contributed by atoms with E-state index in [1.807, 2.05) is 0 Å². The van der Waals surface area contributed by atoms with E-state index in [0.717, 1.165) is 0 Å². The molecule has 0 radical (unpaired) electrons. The minimum atomic E-state index is -1.35. The number of aliphatic hydroxyl groups is 1. The van der Waals surface area contributed by atoms with Crippen molar-refractivity contribution in [3.05, 3.63) is 64.1 Å². The lowest BCUT2D eigenvalue weighted by molar-refractivity contribution is -0.385. The Balaban J connectivity index is 1.88. The van der Waals surface area contributed by atoms with E-state index in [4.69, 9.17) is 4.42 Å². The number of nitro benzene ring substituents is 1. The lowest BCUT2D eigenvalue weighted by Gasteiger charge is -2.21. The molecule has 1 heterocycles. The molecule has 0 spiro atoms. The number of rotatable bonds is 6. The first-order valence-electron chi connectivity index (χ1n) is 6.90. The number of para-hydroxylation sites is 1. The first-order valence-corrected chi connectivity index (χ1v) is 6.90. The fourth-order valence-electron chi connectivity index (χ4n) is 2.00. The molecule has 0 aliphatic carbocycles. The second-order valence-electron chi connectivity index (χ2n) is 5.17. The quantitative estimate of drug-likeness (QED) is 0.555. The maximum Gasteiger partial charge on any atom is 0.315 e. The predicted octanol–water partition coefficient (Wildman–Crippen LogP) is 1.89. The number of carbonyl (C=O) groups is 1. The SMILES string of the molecule is CC(O)(CNC(=O)NCc1ccccc1[N+](=O)[O-])c1ccco1. The molecule has 0 fully saturated rings. The molecule has 2 rings (SSSR count). The molecule has 3 N–H and O–H groups in total. The van der Waals surface area contributed by atoms with Crippen LogP contribution in [0.2, 0.25) is 0 Å². The summed E-state index contributed by atoms with van der Waals surface area (Å²) in [7, 11) is 0. The number of nitro groups is 1. The van der Waals surface area contributed by atoms with Crippen LogP contribution in [0.5, 0.6) is 0 Å². The van der Waals surface area contributed by atoms with E-state index in [1.54, 1.807) is 30.3 Å². The van der Waals surface area contributed by atoms with Crippen LogP contribution in [0.1, 0.15) is 18.2 Å². The second kappa shape index (κ2) is 6.93. The van der Waals surface area contributed by atoms with Gasteiger partial charge in [-0.05, 0) is 19.1 Å². The van der Waals surface area contributed by atoms with E-state index >= 15 is 0 Å². The number of benzene rings is 1. The summed E-state index contributed by atoms with van der Waals surface area (Å²) in [6.07, 6.45) is 1.43. The molecular weight excluding hydrogens is 302 g/mol. The number of hydrogen-bond acceptors (Lipinski definition) is 5. The van der Waals surface area contributed by atoms with Gasteiger partial charge in [-0.1, -0.05) is 18.2 Å². The van der Waals surface area contributed by atoms with Crippen LogP contribution in [0, 0.1) is 10.1 Å². The van der Waals surface area contributed by atoms with Crippen molar-refractivity contribution in [1.29, 1.82) is 0 Å². The van der Waals surface area contributed by atoms with Crippen LogP contribution in [0.15, 0.2) is 47.1 Å². The third-order valence-corrected chi connectivity index (χ3v) is 3.27. The Bertz CT molecular complexity index is 682. The molecule has 1 atom stereocenters. The maximum absolute atomic E-state index is 11.8. The van der Waals surface area contributed by atoms with Crippen molar-refractivity contribution in [2.75, 3.05) is 6.54 Å². The molecule has 23 heavy (non-hydrogen) atoms. The highest BCUT2D eigenvalue weighted by molar-refractivity contribution is 5.74. The summed E-state index contributed by atoms with van der Waals surface area (Å²) in [5, 5.41) is 26.1. The zero-order valence-electron chi connectivity index (χ0n) is 12.5. The summed E-state index contributed by atoms with van der Waals surface area (Å²) in [5.41, 5.74) is -1.01. The molecule has 1 aromatic carbocycles. The van der Waals surface area contributed by atoms with E-state index in [2.05, 4.69) is 10.6 Å². The topological polar surface area (TPSA) is 118 Å². The van der Waals surface area contributed by atoms with Crippen LogP contribution in [0.3, 0.4) is 0 Å². The number of carbonyl (C=O) groups excluding carboxylic acids is 1.